The zero-order valence-corrected chi connectivity index (χ0v) is 14.2. The SMILES string of the molecule is CCOC(=O)C(CCc1ccc([N+](=O)[O-])cc1)c1ccc([N+](=O)[O-])cc1. The van der Waals surface area contributed by atoms with Crippen LogP contribution in [-0.4, -0.2) is 22.4 Å². The highest BCUT2D eigenvalue weighted by atomic mass is 16.6. The summed E-state index contributed by atoms with van der Waals surface area (Å²) < 4.78 is 5.11. The molecule has 1 unspecified atom stereocenters. The first kappa shape index (κ1) is 19.0. The molecule has 0 fully saturated rings. The van der Waals surface area contributed by atoms with Crippen molar-refractivity contribution in [3.63, 3.8) is 0 Å². The van der Waals surface area contributed by atoms with E-state index in [1.54, 1.807) is 31.2 Å². The van der Waals surface area contributed by atoms with E-state index in [2.05, 4.69) is 0 Å². The minimum atomic E-state index is -0.564. The lowest BCUT2D eigenvalue weighted by atomic mass is 9.92. The summed E-state index contributed by atoms with van der Waals surface area (Å²) in [6.45, 7) is 1.95. The number of esters is 1. The van der Waals surface area contributed by atoms with Crippen LogP contribution >= 0.6 is 0 Å². The second-order valence-electron chi connectivity index (χ2n) is 5.62. The Labute approximate surface area is 149 Å². The molecule has 8 heteroatoms. The van der Waals surface area contributed by atoms with Gasteiger partial charge in [0.2, 0.25) is 0 Å². The van der Waals surface area contributed by atoms with Crippen molar-refractivity contribution < 1.29 is 19.4 Å². The lowest BCUT2D eigenvalue weighted by molar-refractivity contribution is -0.385. The number of ether oxygens (including phenoxy) is 1. The maximum Gasteiger partial charge on any atom is 0.313 e. The molecule has 0 saturated heterocycles. The predicted octanol–water partition coefficient (Wildman–Crippen LogP) is 3.78. The van der Waals surface area contributed by atoms with Gasteiger partial charge in [-0.1, -0.05) is 24.3 Å². The monoisotopic (exact) mass is 358 g/mol. The van der Waals surface area contributed by atoms with Crippen LogP contribution in [0.4, 0.5) is 11.4 Å². The average molecular weight is 358 g/mol. The van der Waals surface area contributed by atoms with Crippen LogP contribution < -0.4 is 0 Å². The first-order chi connectivity index (χ1) is 12.4. The van der Waals surface area contributed by atoms with Crippen LogP contribution in [-0.2, 0) is 16.0 Å². The molecule has 0 amide bonds. The molecule has 0 aromatic heterocycles. The topological polar surface area (TPSA) is 113 Å². The highest BCUT2D eigenvalue weighted by Crippen LogP contribution is 2.26. The van der Waals surface area contributed by atoms with E-state index in [4.69, 9.17) is 4.74 Å². The number of carbonyl (C=O) groups excluding carboxylic acids is 1. The summed E-state index contributed by atoms with van der Waals surface area (Å²) in [7, 11) is 0. The summed E-state index contributed by atoms with van der Waals surface area (Å²) in [5.41, 5.74) is 1.44. The Hall–Kier alpha value is -3.29. The van der Waals surface area contributed by atoms with Gasteiger partial charge in [-0.2, -0.15) is 0 Å². The van der Waals surface area contributed by atoms with E-state index in [0.29, 0.717) is 18.4 Å². The summed E-state index contributed by atoms with van der Waals surface area (Å²) in [6, 6.07) is 11.9. The number of non-ortho nitro benzene ring substituents is 2. The number of nitro groups is 2. The largest absolute Gasteiger partial charge is 0.466 e. The van der Waals surface area contributed by atoms with E-state index < -0.39 is 21.7 Å². The molecule has 0 aliphatic heterocycles. The van der Waals surface area contributed by atoms with Crippen LogP contribution in [0.2, 0.25) is 0 Å². The van der Waals surface area contributed by atoms with Gasteiger partial charge in [0.15, 0.2) is 0 Å². The molecular weight excluding hydrogens is 340 g/mol. The molecule has 1 atom stereocenters. The van der Waals surface area contributed by atoms with Gasteiger partial charge >= 0.3 is 5.97 Å². The van der Waals surface area contributed by atoms with Crippen LogP contribution in [0.25, 0.3) is 0 Å². The molecule has 8 nitrogen and oxygen atoms in total. The Morgan fingerprint density at radius 2 is 1.46 bits per heavy atom. The van der Waals surface area contributed by atoms with Gasteiger partial charge in [0.05, 0.1) is 22.4 Å². The summed E-state index contributed by atoms with van der Waals surface area (Å²) in [5.74, 6) is -0.964. The number of nitrogens with zero attached hydrogens (tertiary/aromatic N) is 2. The first-order valence-electron chi connectivity index (χ1n) is 8.06. The van der Waals surface area contributed by atoms with Crippen molar-refractivity contribution in [3.05, 3.63) is 79.9 Å². The van der Waals surface area contributed by atoms with Crippen LogP contribution in [0, 0.1) is 20.2 Å². The minimum Gasteiger partial charge on any atom is -0.466 e. The van der Waals surface area contributed by atoms with Gasteiger partial charge in [0, 0.05) is 24.3 Å². The van der Waals surface area contributed by atoms with Crippen molar-refractivity contribution >= 4 is 17.3 Å². The number of benzene rings is 2. The molecule has 0 heterocycles. The molecule has 136 valence electrons. The molecular formula is C18H18N2O6. The highest BCUT2D eigenvalue weighted by Gasteiger charge is 2.22. The fourth-order valence-corrected chi connectivity index (χ4v) is 2.59. The standard InChI is InChI=1S/C18H18N2O6/c1-2-26-18(21)17(14-6-10-16(11-7-14)20(24)25)12-5-13-3-8-15(9-4-13)19(22)23/h3-4,6-11,17H,2,5,12H2,1H3. The molecule has 0 bridgehead atoms. The van der Waals surface area contributed by atoms with Crippen molar-refractivity contribution in [2.24, 2.45) is 0 Å². The van der Waals surface area contributed by atoms with Gasteiger partial charge in [-0.05, 0) is 30.9 Å². The Morgan fingerprint density at radius 1 is 0.962 bits per heavy atom. The molecule has 2 aromatic rings. The highest BCUT2D eigenvalue weighted by molar-refractivity contribution is 5.78. The lowest BCUT2D eigenvalue weighted by Crippen LogP contribution is -2.17. The fraction of sp³-hybridized carbons (Fsp3) is 0.278. The Bertz CT molecular complexity index is 786. The summed E-state index contributed by atoms with van der Waals surface area (Å²) >= 11 is 0. The lowest BCUT2D eigenvalue weighted by Gasteiger charge is -2.16. The van der Waals surface area contributed by atoms with Crippen molar-refractivity contribution in [1.29, 1.82) is 0 Å². The molecule has 0 radical (unpaired) electrons. The maximum absolute atomic E-state index is 12.3. The smallest absolute Gasteiger partial charge is 0.313 e. The second kappa shape index (κ2) is 8.70. The van der Waals surface area contributed by atoms with E-state index in [1.165, 1.54) is 24.3 Å². The quantitative estimate of drug-likeness (QED) is 0.403. The van der Waals surface area contributed by atoms with E-state index in [-0.39, 0.29) is 18.0 Å². The molecule has 0 N–H and O–H groups in total. The summed E-state index contributed by atoms with van der Waals surface area (Å²) in [6.07, 6.45) is 0.937. The number of nitro benzene ring substituents is 2. The second-order valence-corrected chi connectivity index (χ2v) is 5.62. The third kappa shape index (κ3) is 4.85. The number of carbonyl (C=O) groups is 1. The Kier molecular flexibility index (Phi) is 6.37. The van der Waals surface area contributed by atoms with Gasteiger partial charge in [0.25, 0.3) is 11.4 Å². The zero-order valence-electron chi connectivity index (χ0n) is 14.2. The molecule has 0 aliphatic carbocycles. The van der Waals surface area contributed by atoms with Crippen LogP contribution in [0.15, 0.2) is 48.5 Å². The van der Waals surface area contributed by atoms with Crippen LogP contribution in [0.3, 0.4) is 0 Å². The predicted molar refractivity (Wildman–Crippen MR) is 93.9 cm³/mol. The minimum absolute atomic E-state index is 0.00561. The molecule has 0 saturated carbocycles. The van der Waals surface area contributed by atoms with Crippen LogP contribution in [0.5, 0.6) is 0 Å². The normalized spacial score (nSPS) is 11.6. The molecule has 2 aromatic carbocycles. The maximum atomic E-state index is 12.3. The van der Waals surface area contributed by atoms with E-state index in [0.717, 1.165) is 5.56 Å². The Morgan fingerprint density at radius 3 is 1.92 bits per heavy atom. The van der Waals surface area contributed by atoms with Crippen molar-refractivity contribution in [2.45, 2.75) is 25.7 Å². The summed E-state index contributed by atoms with van der Waals surface area (Å²) in [4.78, 5) is 32.8. The van der Waals surface area contributed by atoms with Gasteiger partial charge in [-0.25, -0.2) is 0 Å². The zero-order chi connectivity index (χ0) is 19.1. The molecule has 26 heavy (non-hydrogen) atoms. The number of aryl methyl sites for hydroxylation is 1. The number of rotatable bonds is 8. The number of hydrogen-bond donors (Lipinski definition) is 0. The van der Waals surface area contributed by atoms with E-state index in [9.17, 15) is 25.0 Å². The third-order valence-electron chi connectivity index (χ3n) is 3.95. The molecule has 0 spiro atoms. The van der Waals surface area contributed by atoms with Crippen molar-refractivity contribution in [2.75, 3.05) is 6.61 Å². The molecule has 0 aliphatic rings. The van der Waals surface area contributed by atoms with Gasteiger partial charge in [-0.3, -0.25) is 25.0 Å². The van der Waals surface area contributed by atoms with Gasteiger partial charge in [-0.15, -0.1) is 0 Å². The average Bonchev–Trinajstić information content (AvgIpc) is 2.63. The van der Waals surface area contributed by atoms with E-state index >= 15 is 0 Å². The molecule has 2 rings (SSSR count). The van der Waals surface area contributed by atoms with Crippen molar-refractivity contribution in [1.82, 2.24) is 0 Å². The Balaban J connectivity index is 2.15. The third-order valence-corrected chi connectivity index (χ3v) is 3.95. The van der Waals surface area contributed by atoms with Crippen molar-refractivity contribution in [3.8, 4) is 0 Å². The van der Waals surface area contributed by atoms with Gasteiger partial charge < -0.3 is 4.74 Å². The van der Waals surface area contributed by atoms with Gasteiger partial charge in [0.1, 0.15) is 0 Å². The number of hydrogen-bond acceptors (Lipinski definition) is 6. The fourth-order valence-electron chi connectivity index (χ4n) is 2.59. The van der Waals surface area contributed by atoms with E-state index in [1.807, 2.05) is 0 Å². The first-order valence-corrected chi connectivity index (χ1v) is 8.06. The van der Waals surface area contributed by atoms with Crippen LogP contribution in [0.1, 0.15) is 30.4 Å². The summed E-state index contributed by atoms with van der Waals surface area (Å²) in [5, 5.41) is 21.5.